The van der Waals surface area contributed by atoms with E-state index in [2.05, 4.69) is 17.6 Å². The van der Waals surface area contributed by atoms with Gasteiger partial charge in [0, 0.05) is 10.7 Å². The predicted molar refractivity (Wildman–Crippen MR) is 79.6 cm³/mol. The maximum Gasteiger partial charge on any atom is 0.230 e. The molecule has 0 aromatic heterocycles. The van der Waals surface area contributed by atoms with Crippen molar-refractivity contribution in [2.24, 2.45) is 5.41 Å². The Bertz CT molecular complexity index is 467. The van der Waals surface area contributed by atoms with Crippen LogP contribution in [0.1, 0.15) is 31.7 Å². The number of nitrogens with one attached hydrogen (secondary N) is 2. The number of carbonyl (C=O) groups is 1. The first-order chi connectivity index (χ1) is 9.07. The Kier molecular flexibility index (Phi) is 4.48. The topological polar surface area (TPSA) is 41.1 Å². The van der Waals surface area contributed by atoms with Crippen LogP contribution in [0.25, 0.3) is 0 Å². The molecule has 19 heavy (non-hydrogen) atoms. The van der Waals surface area contributed by atoms with E-state index < -0.39 is 0 Å². The lowest BCUT2D eigenvalue weighted by Crippen LogP contribution is -2.44. The molecule has 1 aromatic rings. The van der Waals surface area contributed by atoms with Gasteiger partial charge in [-0.05, 0) is 57.0 Å². The summed E-state index contributed by atoms with van der Waals surface area (Å²) in [4.78, 5) is 12.5. The first-order valence-corrected chi connectivity index (χ1v) is 7.23. The van der Waals surface area contributed by atoms with E-state index in [1.807, 2.05) is 25.1 Å². The normalized spacial score (nSPS) is 18.1. The molecule has 4 heteroatoms. The summed E-state index contributed by atoms with van der Waals surface area (Å²) in [6, 6.07) is 5.65. The fraction of sp³-hybridized carbons (Fsp3) is 0.533. The minimum Gasteiger partial charge on any atom is -0.326 e. The molecule has 1 heterocycles. The third-order valence-electron chi connectivity index (χ3n) is 4.15. The molecular formula is C15H21ClN2O. The zero-order valence-electron chi connectivity index (χ0n) is 11.6. The van der Waals surface area contributed by atoms with Gasteiger partial charge in [0.25, 0.3) is 0 Å². The van der Waals surface area contributed by atoms with E-state index in [1.54, 1.807) is 0 Å². The molecule has 1 saturated heterocycles. The quantitative estimate of drug-likeness (QED) is 0.891. The number of rotatable bonds is 3. The third kappa shape index (κ3) is 3.10. The van der Waals surface area contributed by atoms with Crippen LogP contribution in [0.4, 0.5) is 5.69 Å². The number of anilines is 1. The van der Waals surface area contributed by atoms with Crippen LogP contribution in [0.3, 0.4) is 0 Å². The van der Waals surface area contributed by atoms with Crippen molar-refractivity contribution >= 4 is 23.2 Å². The fourth-order valence-electron chi connectivity index (χ4n) is 2.58. The van der Waals surface area contributed by atoms with Gasteiger partial charge in [0.1, 0.15) is 0 Å². The van der Waals surface area contributed by atoms with Crippen LogP contribution in [-0.4, -0.2) is 19.0 Å². The lowest BCUT2D eigenvalue weighted by molar-refractivity contribution is -0.127. The maximum atomic E-state index is 12.5. The van der Waals surface area contributed by atoms with Gasteiger partial charge in [-0.3, -0.25) is 4.79 Å². The summed E-state index contributed by atoms with van der Waals surface area (Å²) >= 11 is 6.09. The molecule has 0 spiro atoms. The van der Waals surface area contributed by atoms with Crippen LogP contribution in [0.15, 0.2) is 18.2 Å². The SMILES string of the molecule is CCC1(C(=O)Nc2ccc(C)c(Cl)c2)CCNCC1. The molecule has 2 N–H and O–H groups in total. The summed E-state index contributed by atoms with van der Waals surface area (Å²) in [6.45, 7) is 5.87. The second-order valence-corrected chi connectivity index (χ2v) is 5.71. The van der Waals surface area contributed by atoms with Crippen LogP contribution in [-0.2, 0) is 4.79 Å². The molecule has 1 fully saturated rings. The van der Waals surface area contributed by atoms with Crippen molar-refractivity contribution in [3.05, 3.63) is 28.8 Å². The van der Waals surface area contributed by atoms with E-state index in [0.29, 0.717) is 5.02 Å². The van der Waals surface area contributed by atoms with Gasteiger partial charge in [-0.2, -0.15) is 0 Å². The molecule has 3 nitrogen and oxygen atoms in total. The Balaban J connectivity index is 2.12. The third-order valence-corrected chi connectivity index (χ3v) is 4.56. The highest BCUT2D eigenvalue weighted by atomic mass is 35.5. The second kappa shape index (κ2) is 5.93. The van der Waals surface area contributed by atoms with Crippen molar-refractivity contribution in [2.45, 2.75) is 33.1 Å². The van der Waals surface area contributed by atoms with Crippen LogP contribution < -0.4 is 10.6 Å². The molecule has 0 atom stereocenters. The van der Waals surface area contributed by atoms with Gasteiger partial charge in [-0.15, -0.1) is 0 Å². The van der Waals surface area contributed by atoms with Crippen LogP contribution in [0.5, 0.6) is 0 Å². The van der Waals surface area contributed by atoms with Crippen LogP contribution in [0, 0.1) is 12.3 Å². The minimum absolute atomic E-state index is 0.122. The highest BCUT2D eigenvalue weighted by Gasteiger charge is 2.37. The maximum absolute atomic E-state index is 12.5. The first-order valence-electron chi connectivity index (χ1n) is 6.86. The number of carbonyl (C=O) groups excluding carboxylic acids is 1. The van der Waals surface area contributed by atoms with E-state index in [4.69, 9.17) is 11.6 Å². The Labute approximate surface area is 119 Å². The Morgan fingerprint density at radius 2 is 2.11 bits per heavy atom. The summed E-state index contributed by atoms with van der Waals surface area (Å²) in [6.07, 6.45) is 2.67. The highest BCUT2D eigenvalue weighted by molar-refractivity contribution is 6.31. The van der Waals surface area contributed by atoms with Crippen molar-refractivity contribution in [3.63, 3.8) is 0 Å². The molecule has 2 rings (SSSR count). The van der Waals surface area contributed by atoms with E-state index in [1.165, 1.54) is 0 Å². The summed E-state index contributed by atoms with van der Waals surface area (Å²) in [5.74, 6) is 0.122. The number of piperidine rings is 1. The molecule has 0 bridgehead atoms. The van der Waals surface area contributed by atoms with Gasteiger partial charge in [0.05, 0.1) is 5.41 Å². The molecule has 104 valence electrons. The molecule has 1 aliphatic heterocycles. The minimum atomic E-state index is -0.234. The molecule has 1 amide bonds. The van der Waals surface area contributed by atoms with E-state index in [-0.39, 0.29) is 11.3 Å². The van der Waals surface area contributed by atoms with Gasteiger partial charge in [0.15, 0.2) is 0 Å². The molecule has 1 aromatic carbocycles. The number of hydrogen-bond acceptors (Lipinski definition) is 2. The Hall–Kier alpha value is -1.06. The number of hydrogen-bond donors (Lipinski definition) is 2. The van der Waals surface area contributed by atoms with Crippen molar-refractivity contribution in [1.29, 1.82) is 0 Å². The summed E-state index contributed by atoms with van der Waals surface area (Å²) in [5.41, 5.74) is 1.57. The van der Waals surface area contributed by atoms with Gasteiger partial charge in [-0.1, -0.05) is 24.6 Å². The van der Waals surface area contributed by atoms with Crippen molar-refractivity contribution in [2.75, 3.05) is 18.4 Å². The lowest BCUT2D eigenvalue weighted by atomic mass is 9.76. The van der Waals surface area contributed by atoms with Gasteiger partial charge >= 0.3 is 0 Å². The fourth-order valence-corrected chi connectivity index (χ4v) is 2.76. The van der Waals surface area contributed by atoms with Crippen LogP contribution >= 0.6 is 11.6 Å². The van der Waals surface area contributed by atoms with E-state index >= 15 is 0 Å². The Morgan fingerprint density at radius 1 is 1.42 bits per heavy atom. The zero-order chi connectivity index (χ0) is 13.9. The smallest absolute Gasteiger partial charge is 0.230 e. The average molecular weight is 281 g/mol. The number of aryl methyl sites for hydroxylation is 1. The summed E-state index contributed by atoms with van der Waals surface area (Å²) in [5, 5.41) is 7.02. The van der Waals surface area contributed by atoms with E-state index in [0.717, 1.165) is 43.6 Å². The van der Waals surface area contributed by atoms with Crippen molar-refractivity contribution in [1.82, 2.24) is 5.32 Å². The summed E-state index contributed by atoms with van der Waals surface area (Å²) in [7, 11) is 0. The highest BCUT2D eigenvalue weighted by Crippen LogP contribution is 2.34. The molecule has 0 aliphatic carbocycles. The van der Waals surface area contributed by atoms with Gasteiger partial charge < -0.3 is 10.6 Å². The van der Waals surface area contributed by atoms with Gasteiger partial charge in [0.2, 0.25) is 5.91 Å². The number of amides is 1. The molecule has 1 aliphatic rings. The van der Waals surface area contributed by atoms with Gasteiger partial charge in [-0.25, -0.2) is 0 Å². The average Bonchev–Trinajstić information content (AvgIpc) is 2.43. The molecular weight excluding hydrogens is 260 g/mol. The molecule has 0 radical (unpaired) electrons. The molecule has 0 saturated carbocycles. The van der Waals surface area contributed by atoms with E-state index in [9.17, 15) is 4.79 Å². The van der Waals surface area contributed by atoms with Crippen molar-refractivity contribution < 1.29 is 4.79 Å². The van der Waals surface area contributed by atoms with Crippen LogP contribution in [0.2, 0.25) is 5.02 Å². The van der Waals surface area contributed by atoms with Crippen molar-refractivity contribution in [3.8, 4) is 0 Å². The number of benzene rings is 1. The molecule has 0 unspecified atom stereocenters. The second-order valence-electron chi connectivity index (χ2n) is 5.30. The largest absolute Gasteiger partial charge is 0.326 e. The monoisotopic (exact) mass is 280 g/mol. The standard InChI is InChI=1S/C15H21ClN2O/c1-3-15(6-8-17-9-7-15)14(19)18-12-5-4-11(2)13(16)10-12/h4-5,10,17H,3,6-9H2,1-2H3,(H,18,19). The lowest BCUT2D eigenvalue weighted by Gasteiger charge is -2.35. The zero-order valence-corrected chi connectivity index (χ0v) is 12.3. The summed E-state index contributed by atoms with van der Waals surface area (Å²) < 4.78 is 0. The first kappa shape index (κ1) is 14.4. The predicted octanol–water partition coefficient (Wildman–Crippen LogP) is 3.37. The Morgan fingerprint density at radius 3 is 2.68 bits per heavy atom. The number of halogens is 1.